The lowest BCUT2D eigenvalue weighted by Crippen LogP contribution is -2.18. The van der Waals surface area contributed by atoms with Gasteiger partial charge in [0, 0.05) is 6.42 Å². The largest absolute Gasteiger partial charge is 0.285 e. The highest BCUT2D eigenvalue weighted by atomic mass is 32.2. The van der Waals surface area contributed by atoms with Crippen molar-refractivity contribution in [3.8, 4) is 24.7 Å². The number of terminal acetylenes is 2. The van der Waals surface area contributed by atoms with Crippen molar-refractivity contribution in [2.45, 2.75) is 24.5 Å². The first-order valence-electron chi connectivity index (χ1n) is 3.38. The minimum Gasteiger partial charge on any atom is -0.285 e. The fourth-order valence-electron chi connectivity index (χ4n) is 0.708. The highest BCUT2D eigenvalue weighted by Gasteiger charge is 2.18. The second-order valence-corrected chi connectivity index (χ2v) is 3.87. The van der Waals surface area contributed by atoms with Gasteiger partial charge in [-0.1, -0.05) is 5.92 Å². The van der Waals surface area contributed by atoms with Crippen LogP contribution in [0.15, 0.2) is 0 Å². The molecule has 0 aliphatic carbocycles. The summed E-state index contributed by atoms with van der Waals surface area (Å²) >= 11 is 0. The van der Waals surface area contributed by atoms with E-state index in [1.807, 2.05) is 5.92 Å². The van der Waals surface area contributed by atoms with E-state index in [0.29, 0.717) is 12.8 Å². The van der Waals surface area contributed by atoms with Crippen LogP contribution in [0, 0.1) is 24.7 Å². The summed E-state index contributed by atoms with van der Waals surface area (Å²) in [5.74, 6) is 4.35. The molecule has 0 bridgehead atoms. The molecule has 0 aliphatic heterocycles. The number of unbranched alkanes of at least 4 members (excludes halogenated alkanes) is 1. The molecule has 0 saturated carbocycles. The van der Waals surface area contributed by atoms with E-state index in [2.05, 4.69) is 5.92 Å². The summed E-state index contributed by atoms with van der Waals surface area (Å²) in [6.07, 6.45) is 11.0. The molecule has 0 fully saturated rings. The maximum absolute atomic E-state index is 10.5. The molecule has 0 aromatic carbocycles. The molecule has 3 nitrogen and oxygen atoms in total. The lowest BCUT2D eigenvalue weighted by atomic mass is 10.2. The molecule has 0 saturated heterocycles. The first-order chi connectivity index (χ1) is 5.52. The Labute approximate surface area is 72.9 Å². The monoisotopic (exact) mass is 186 g/mol. The molecule has 1 atom stereocenters. The second kappa shape index (κ2) is 4.82. The fourth-order valence-corrected chi connectivity index (χ4v) is 1.34. The van der Waals surface area contributed by atoms with Gasteiger partial charge in [0.2, 0.25) is 0 Å². The standard InChI is InChI=1S/C8H10O3S/c1-3-5-6-7-8(4-2)12(9,10)11/h1-2,8H,5-7H2,(H,9,10,11). The second-order valence-electron chi connectivity index (χ2n) is 2.27. The Bertz CT molecular complexity index is 302. The topological polar surface area (TPSA) is 54.4 Å². The molecule has 1 unspecified atom stereocenters. The van der Waals surface area contributed by atoms with Gasteiger partial charge in [-0.3, -0.25) is 4.55 Å². The van der Waals surface area contributed by atoms with Crippen molar-refractivity contribution in [1.29, 1.82) is 0 Å². The van der Waals surface area contributed by atoms with E-state index in [1.165, 1.54) is 0 Å². The van der Waals surface area contributed by atoms with Crippen LogP contribution in [0.25, 0.3) is 0 Å². The maximum atomic E-state index is 10.5. The third kappa shape index (κ3) is 4.02. The first kappa shape index (κ1) is 11.0. The SMILES string of the molecule is C#CCCCC(C#C)S(=O)(=O)O. The zero-order chi connectivity index (χ0) is 9.61. The minimum atomic E-state index is -4.10. The predicted molar refractivity (Wildman–Crippen MR) is 46.9 cm³/mol. The van der Waals surface area contributed by atoms with Crippen LogP contribution in [0.4, 0.5) is 0 Å². The molecule has 0 radical (unpaired) electrons. The molecule has 0 spiro atoms. The minimum absolute atomic E-state index is 0.208. The van der Waals surface area contributed by atoms with E-state index in [1.54, 1.807) is 0 Å². The molecule has 12 heavy (non-hydrogen) atoms. The van der Waals surface area contributed by atoms with Crippen LogP contribution in [0.2, 0.25) is 0 Å². The van der Waals surface area contributed by atoms with Crippen LogP contribution < -0.4 is 0 Å². The van der Waals surface area contributed by atoms with Crippen molar-refractivity contribution in [3.63, 3.8) is 0 Å². The van der Waals surface area contributed by atoms with Gasteiger partial charge in [-0.2, -0.15) is 8.42 Å². The van der Waals surface area contributed by atoms with Crippen molar-refractivity contribution in [2.24, 2.45) is 0 Å². The smallest absolute Gasteiger partial charge is 0.279 e. The summed E-state index contributed by atoms with van der Waals surface area (Å²) in [5, 5.41) is -1.12. The molecule has 0 aliphatic rings. The van der Waals surface area contributed by atoms with Gasteiger partial charge >= 0.3 is 0 Å². The summed E-state index contributed by atoms with van der Waals surface area (Å²) in [6, 6.07) is 0. The van der Waals surface area contributed by atoms with Crippen molar-refractivity contribution >= 4 is 10.1 Å². The quantitative estimate of drug-likeness (QED) is 0.399. The Morgan fingerprint density at radius 3 is 2.33 bits per heavy atom. The molecular formula is C8H10O3S. The Hall–Kier alpha value is -0.970. The van der Waals surface area contributed by atoms with Gasteiger partial charge in [0.15, 0.2) is 0 Å². The van der Waals surface area contributed by atoms with Crippen LogP contribution in [0.3, 0.4) is 0 Å². The Balaban J connectivity index is 4.08. The maximum Gasteiger partial charge on any atom is 0.279 e. The molecule has 0 rings (SSSR count). The lowest BCUT2D eigenvalue weighted by Gasteiger charge is -2.04. The van der Waals surface area contributed by atoms with Crippen LogP contribution in [-0.4, -0.2) is 18.2 Å². The highest BCUT2D eigenvalue weighted by molar-refractivity contribution is 7.86. The van der Waals surface area contributed by atoms with E-state index in [-0.39, 0.29) is 6.42 Å². The summed E-state index contributed by atoms with van der Waals surface area (Å²) in [6.45, 7) is 0. The third-order valence-electron chi connectivity index (χ3n) is 1.33. The number of hydrogen-bond donors (Lipinski definition) is 1. The summed E-state index contributed by atoms with van der Waals surface area (Å²) in [5.41, 5.74) is 0. The molecular weight excluding hydrogens is 176 g/mol. The van der Waals surface area contributed by atoms with E-state index in [0.717, 1.165) is 0 Å². The molecule has 0 heterocycles. The summed E-state index contributed by atoms with van der Waals surface area (Å²) in [4.78, 5) is 0. The Morgan fingerprint density at radius 1 is 1.42 bits per heavy atom. The van der Waals surface area contributed by atoms with E-state index in [4.69, 9.17) is 17.4 Å². The number of hydrogen-bond acceptors (Lipinski definition) is 2. The van der Waals surface area contributed by atoms with E-state index in [9.17, 15) is 8.42 Å². The van der Waals surface area contributed by atoms with Gasteiger partial charge in [0.1, 0.15) is 5.25 Å². The molecule has 0 amide bonds. The average molecular weight is 186 g/mol. The normalized spacial score (nSPS) is 12.9. The predicted octanol–water partition coefficient (Wildman–Crippen LogP) is 0.679. The zero-order valence-corrected chi connectivity index (χ0v) is 7.34. The van der Waals surface area contributed by atoms with Crippen molar-refractivity contribution in [2.75, 3.05) is 0 Å². The van der Waals surface area contributed by atoms with Gasteiger partial charge in [0.25, 0.3) is 10.1 Å². The zero-order valence-electron chi connectivity index (χ0n) is 6.53. The van der Waals surface area contributed by atoms with Crippen molar-refractivity contribution < 1.29 is 13.0 Å². The Morgan fingerprint density at radius 2 is 2.00 bits per heavy atom. The van der Waals surface area contributed by atoms with Gasteiger partial charge in [0.05, 0.1) is 0 Å². The third-order valence-corrected chi connectivity index (χ3v) is 2.42. The van der Waals surface area contributed by atoms with Gasteiger partial charge in [-0.15, -0.1) is 18.8 Å². The molecule has 4 heteroatoms. The van der Waals surface area contributed by atoms with Gasteiger partial charge in [-0.05, 0) is 12.8 Å². The van der Waals surface area contributed by atoms with E-state index < -0.39 is 15.4 Å². The fraction of sp³-hybridized carbons (Fsp3) is 0.500. The van der Waals surface area contributed by atoms with Crippen LogP contribution >= 0.6 is 0 Å². The van der Waals surface area contributed by atoms with Gasteiger partial charge < -0.3 is 0 Å². The highest BCUT2D eigenvalue weighted by Crippen LogP contribution is 2.07. The first-order valence-corrected chi connectivity index (χ1v) is 4.88. The Kier molecular flexibility index (Phi) is 4.43. The van der Waals surface area contributed by atoms with Crippen LogP contribution in [0.1, 0.15) is 19.3 Å². The summed E-state index contributed by atoms with van der Waals surface area (Å²) in [7, 11) is -4.10. The van der Waals surface area contributed by atoms with Crippen molar-refractivity contribution in [3.05, 3.63) is 0 Å². The lowest BCUT2D eigenvalue weighted by molar-refractivity contribution is 0.472. The van der Waals surface area contributed by atoms with E-state index >= 15 is 0 Å². The molecule has 66 valence electrons. The average Bonchev–Trinajstić information content (AvgIpc) is 1.95. The summed E-state index contributed by atoms with van der Waals surface area (Å²) < 4.78 is 29.6. The molecule has 0 aromatic heterocycles. The van der Waals surface area contributed by atoms with Crippen molar-refractivity contribution in [1.82, 2.24) is 0 Å². The van der Waals surface area contributed by atoms with Gasteiger partial charge in [-0.25, -0.2) is 0 Å². The molecule has 0 aromatic rings. The van der Waals surface area contributed by atoms with Crippen LogP contribution in [0.5, 0.6) is 0 Å². The molecule has 1 N–H and O–H groups in total. The number of rotatable bonds is 4. The van der Waals surface area contributed by atoms with Crippen LogP contribution in [-0.2, 0) is 10.1 Å².